The minimum absolute atomic E-state index is 0.0835. The van der Waals surface area contributed by atoms with Crippen LogP contribution in [0.1, 0.15) is 28.2 Å². The number of aryl methyl sites for hydroxylation is 1. The summed E-state index contributed by atoms with van der Waals surface area (Å²) in [7, 11) is 0. The number of benzene rings is 2. The van der Waals surface area contributed by atoms with Crippen LogP contribution < -0.4 is 10.9 Å². The number of nitrogens with one attached hydrogen (secondary N) is 1. The van der Waals surface area contributed by atoms with Gasteiger partial charge in [-0.15, -0.1) is 0 Å². The molecule has 2 heterocycles. The Morgan fingerprint density at radius 2 is 1.84 bits per heavy atom. The van der Waals surface area contributed by atoms with E-state index >= 15 is 0 Å². The van der Waals surface area contributed by atoms with Crippen LogP contribution in [0.4, 0.5) is 4.39 Å². The highest BCUT2D eigenvalue weighted by molar-refractivity contribution is 5.75. The van der Waals surface area contributed by atoms with E-state index in [1.807, 2.05) is 18.2 Å². The highest BCUT2D eigenvalue weighted by atomic mass is 19.1. The minimum Gasteiger partial charge on any atom is -0.350 e. The molecule has 7 heteroatoms. The second-order valence-corrected chi connectivity index (χ2v) is 7.83. The highest BCUT2D eigenvalue weighted by Crippen LogP contribution is 2.17. The molecule has 1 aromatic heterocycles. The van der Waals surface area contributed by atoms with Gasteiger partial charge in [0, 0.05) is 31.7 Å². The second kappa shape index (κ2) is 9.22. The van der Waals surface area contributed by atoms with E-state index in [2.05, 4.69) is 27.3 Å². The van der Waals surface area contributed by atoms with Gasteiger partial charge in [-0.25, -0.2) is 9.37 Å². The number of carbonyl (C=O) groups is 1. The Morgan fingerprint density at radius 1 is 1.10 bits per heavy atom. The molecule has 1 N–H and O–H groups in total. The summed E-state index contributed by atoms with van der Waals surface area (Å²) in [6.07, 6.45) is 0.617. The molecule has 0 atom stereocenters. The maximum Gasteiger partial charge on any atom is 0.257 e. The fourth-order valence-electron chi connectivity index (χ4n) is 3.86. The van der Waals surface area contributed by atoms with Crippen molar-refractivity contribution in [2.45, 2.75) is 39.5 Å². The largest absolute Gasteiger partial charge is 0.350 e. The standard InChI is InChI=1S/C24H25FN4O2/c1-17-27-22-15-28(14-19-5-3-2-4-6-19)12-11-21(22)24(31)29(17)16-23(30)26-13-18-7-9-20(25)10-8-18/h2-10H,11-16H2,1H3,(H,26,30). The van der Waals surface area contributed by atoms with E-state index in [9.17, 15) is 14.0 Å². The van der Waals surface area contributed by atoms with Crippen molar-refractivity contribution in [1.82, 2.24) is 19.8 Å². The lowest BCUT2D eigenvalue weighted by molar-refractivity contribution is -0.121. The van der Waals surface area contributed by atoms with Gasteiger partial charge in [-0.2, -0.15) is 0 Å². The molecule has 0 aliphatic carbocycles. The minimum atomic E-state index is -0.320. The summed E-state index contributed by atoms with van der Waals surface area (Å²) in [5.74, 6) is -0.0697. The highest BCUT2D eigenvalue weighted by Gasteiger charge is 2.23. The van der Waals surface area contributed by atoms with Crippen molar-refractivity contribution in [3.05, 3.63) is 99.0 Å². The van der Waals surface area contributed by atoms with E-state index in [1.165, 1.54) is 22.3 Å². The smallest absolute Gasteiger partial charge is 0.257 e. The first-order chi connectivity index (χ1) is 15.0. The fourth-order valence-corrected chi connectivity index (χ4v) is 3.86. The van der Waals surface area contributed by atoms with E-state index < -0.39 is 0 Å². The molecule has 1 amide bonds. The average molecular weight is 420 g/mol. The molecule has 4 rings (SSSR count). The zero-order valence-corrected chi connectivity index (χ0v) is 17.5. The Kier molecular flexibility index (Phi) is 6.23. The third-order valence-corrected chi connectivity index (χ3v) is 5.54. The molecule has 1 aliphatic rings. The molecule has 2 aromatic carbocycles. The van der Waals surface area contributed by atoms with Gasteiger partial charge in [0.1, 0.15) is 18.2 Å². The molecule has 6 nitrogen and oxygen atoms in total. The molecule has 1 aliphatic heterocycles. The molecule has 0 spiro atoms. The van der Waals surface area contributed by atoms with E-state index in [-0.39, 0.29) is 30.4 Å². The van der Waals surface area contributed by atoms with E-state index in [1.54, 1.807) is 19.1 Å². The van der Waals surface area contributed by atoms with Gasteiger partial charge in [-0.3, -0.25) is 19.1 Å². The molecule has 0 unspecified atom stereocenters. The Morgan fingerprint density at radius 3 is 2.58 bits per heavy atom. The quantitative estimate of drug-likeness (QED) is 0.666. The first kappa shape index (κ1) is 20.9. The molecular weight excluding hydrogens is 395 g/mol. The maximum atomic E-state index is 13.0. The van der Waals surface area contributed by atoms with Crippen LogP contribution in [-0.4, -0.2) is 26.9 Å². The lowest BCUT2D eigenvalue weighted by atomic mass is 10.1. The predicted octanol–water partition coefficient (Wildman–Crippen LogP) is 2.57. The van der Waals surface area contributed by atoms with Crippen molar-refractivity contribution in [2.75, 3.05) is 6.54 Å². The number of hydrogen-bond donors (Lipinski definition) is 1. The van der Waals surface area contributed by atoms with Crippen LogP contribution in [0.15, 0.2) is 59.4 Å². The Balaban J connectivity index is 1.42. The summed E-state index contributed by atoms with van der Waals surface area (Å²) in [6, 6.07) is 16.2. The van der Waals surface area contributed by atoms with Crippen LogP contribution in [0.25, 0.3) is 0 Å². The third kappa shape index (κ3) is 5.06. The van der Waals surface area contributed by atoms with E-state index in [0.717, 1.165) is 24.3 Å². The van der Waals surface area contributed by atoms with Crippen molar-refractivity contribution in [3.63, 3.8) is 0 Å². The summed E-state index contributed by atoms with van der Waals surface area (Å²) in [6.45, 7) is 4.16. The number of fused-ring (bicyclic) bond motifs is 1. The molecule has 31 heavy (non-hydrogen) atoms. The average Bonchev–Trinajstić information content (AvgIpc) is 2.77. The first-order valence-corrected chi connectivity index (χ1v) is 10.4. The summed E-state index contributed by atoms with van der Waals surface area (Å²) in [4.78, 5) is 32.4. The van der Waals surface area contributed by atoms with Gasteiger partial charge in [-0.05, 0) is 36.6 Å². The second-order valence-electron chi connectivity index (χ2n) is 7.83. The van der Waals surface area contributed by atoms with Crippen LogP contribution in [-0.2, 0) is 37.4 Å². The first-order valence-electron chi connectivity index (χ1n) is 10.4. The molecule has 0 radical (unpaired) electrons. The number of carbonyl (C=O) groups excluding carboxylic acids is 1. The Hall–Kier alpha value is -3.32. The predicted molar refractivity (Wildman–Crippen MR) is 116 cm³/mol. The molecule has 0 fully saturated rings. The zero-order chi connectivity index (χ0) is 21.8. The topological polar surface area (TPSA) is 67.2 Å². The number of nitrogens with zero attached hydrogens (tertiary/aromatic N) is 3. The summed E-state index contributed by atoms with van der Waals surface area (Å²) in [5, 5.41) is 2.78. The summed E-state index contributed by atoms with van der Waals surface area (Å²) >= 11 is 0. The zero-order valence-electron chi connectivity index (χ0n) is 17.5. The Bertz CT molecular complexity index is 1130. The molecule has 160 valence electrons. The molecule has 3 aromatic rings. The van der Waals surface area contributed by atoms with E-state index in [4.69, 9.17) is 0 Å². The van der Waals surface area contributed by atoms with Crippen molar-refractivity contribution < 1.29 is 9.18 Å². The monoisotopic (exact) mass is 420 g/mol. The number of rotatable bonds is 6. The van der Waals surface area contributed by atoms with Gasteiger partial charge in [-0.1, -0.05) is 42.5 Å². The van der Waals surface area contributed by atoms with Crippen molar-refractivity contribution >= 4 is 5.91 Å². The van der Waals surface area contributed by atoms with Gasteiger partial charge in [0.05, 0.1) is 5.69 Å². The summed E-state index contributed by atoms with van der Waals surface area (Å²) < 4.78 is 14.4. The third-order valence-electron chi connectivity index (χ3n) is 5.54. The van der Waals surface area contributed by atoms with Crippen LogP contribution in [0.5, 0.6) is 0 Å². The van der Waals surface area contributed by atoms with Crippen LogP contribution in [0.2, 0.25) is 0 Å². The summed E-state index contributed by atoms with van der Waals surface area (Å²) in [5.41, 5.74) is 3.38. The van der Waals surface area contributed by atoms with Gasteiger partial charge in [0.15, 0.2) is 0 Å². The maximum absolute atomic E-state index is 13.0. The SMILES string of the molecule is Cc1nc2c(c(=O)n1CC(=O)NCc1ccc(F)cc1)CCN(Cc1ccccc1)C2. The normalized spacial score (nSPS) is 13.6. The van der Waals surface area contributed by atoms with Crippen LogP contribution in [0.3, 0.4) is 0 Å². The van der Waals surface area contributed by atoms with Crippen molar-refractivity contribution in [2.24, 2.45) is 0 Å². The van der Waals surface area contributed by atoms with Crippen molar-refractivity contribution in [3.8, 4) is 0 Å². The molecule has 0 bridgehead atoms. The van der Waals surface area contributed by atoms with E-state index in [0.29, 0.717) is 24.4 Å². The lowest BCUT2D eigenvalue weighted by Gasteiger charge is -2.28. The molecular formula is C24H25FN4O2. The number of amides is 1. The van der Waals surface area contributed by atoms with Crippen LogP contribution >= 0.6 is 0 Å². The van der Waals surface area contributed by atoms with Gasteiger partial charge >= 0.3 is 0 Å². The van der Waals surface area contributed by atoms with Crippen molar-refractivity contribution in [1.29, 1.82) is 0 Å². The number of aromatic nitrogens is 2. The number of hydrogen-bond acceptors (Lipinski definition) is 4. The van der Waals surface area contributed by atoms with Gasteiger partial charge < -0.3 is 5.32 Å². The lowest BCUT2D eigenvalue weighted by Crippen LogP contribution is -2.40. The molecule has 0 saturated carbocycles. The van der Waals surface area contributed by atoms with Crippen LogP contribution in [0, 0.1) is 12.7 Å². The van der Waals surface area contributed by atoms with Gasteiger partial charge in [0.2, 0.25) is 5.91 Å². The van der Waals surface area contributed by atoms with Gasteiger partial charge in [0.25, 0.3) is 5.56 Å². The molecule has 0 saturated heterocycles. The fraction of sp³-hybridized carbons (Fsp3) is 0.292. The Labute approximate surface area is 180 Å². The number of halogens is 1.